The number of halogens is 1. The second-order valence-corrected chi connectivity index (χ2v) is 12.1. The molecule has 0 spiro atoms. The molecule has 1 amide bonds. The van der Waals surface area contributed by atoms with E-state index in [9.17, 15) is 24.6 Å². The number of aromatic hydroxyl groups is 1. The molecule has 12 nitrogen and oxygen atoms in total. The predicted molar refractivity (Wildman–Crippen MR) is 166 cm³/mol. The molecule has 4 aromatic rings. The highest BCUT2D eigenvalue weighted by atomic mass is 35.5. The largest absolute Gasteiger partial charge is 0.505 e. The first-order valence-corrected chi connectivity index (χ1v) is 15.3. The molecule has 3 heterocycles. The van der Waals surface area contributed by atoms with Crippen LogP contribution in [0.1, 0.15) is 40.4 Å². The number of benzene rings is 2. The third-order valence-electron chi connectivity index (χ3n) is 7.36. The summed E-state index contributed by atoms with van der Waals surface area (Å²) in [6.07, 6.45) is -3.16. The maximum atomic E-state index is 12.9. The Hall–Kier alpha value is -4.01. The van der Waals surface area contributed by atoms with Gasteiger partial charge < -0.3 is 43.9 Å². The molecular weight excluding hydrogens is 628 g/mol. The first-order chi connectivity index (χ1) is 21.3. The lowest BCUT2D eigenvalue weighted by molar-refractivity contribution is -0.305. The Labute approximate surface area is 266 Å². The van der Waals surface area contributed by atoms with E-state index in [0.717, 1.165) is 10.6 Å². The van der Waals surface area contributed by atoms with Crippen LogP contribution in [0.15, 0.2) is 62.6 Å². The number of ether oxygens (including phenoxy) is 4. The lowest BCUT2D eigenvalue weighted by Crippen LogP contribution is -2.64. The Kier molecular flexibility index (Phi) is 9.19. The van der Waals surface area contributed by atoms with Crippen molar-refractivity contribution < 1.29 is 43.2 Å². The summed E-state index contributed by atoms with van der Waals surface area (Å²) in [6, 6.07) is 12.6. The summed E-state index contributed by atoms with van der Waals surface area (Å²) in [7, 11) is 1.39. The molecule has 0 bridgehead atoms. The SMILES string of the molecule is CO[C@@H]1[C@@H](O)[C@@H](OC(=O)c2ccc(C)[nH]2)[C@H](Oc2ccc3c(O)c(NC(=O)c4ccc(SC)cc4)c(=O)oc3c2Cl)OC1(C)C. The number of aromatic amines is 1. The molecule has 1 aliphatic rings. The number of thioether (sulfide) groups is 1. The van der Waals surface area contributed by atoms with Crippen molar-refractivity contribution in [3.05, 3.63) is 80.9 Å². The Morgan fingerprint density at radius 3 is 2.44 bits per heavy atom. The summed E-state index contributed by atoms with van der Waals surface area (Å²) in [6.45, 7) is 5.10. The lowest BCUT2D eigenvalue weighted by Gasteiger charge is -2.47. The van der Waals surface area contributed by atoms with Crippen LogP contribution in [0.4, 0.5) is 5.69 Å². The van der Waals surface area contributed by atoms with Gasteiger partial charge >= 0.3 is 11.6 Å². The number of esters is 1. The fourth-order valence-electron chi connectivity index (χ4n) is 5.08. The van der Waals surface area contributed by atoms with E-state index in [4.69, 9.17) is 35.0 Å². The van der Waals surface area contributed by atoms with Crippen LogP contribution in [-0.4, -0.2) is 70.6 Å². The van der Waals surface area contributed by atoms with Gasteiger partial charge in [0.05, 0.1) is 11.0 Å². The average molecular weight is 659 g/mol. The maximum Gasteiger partial charge on any atom is 0.364 e. The van der Waals surface area contributed by atoms with Gasteiger partial charge in [-0.25, -0.2) is 9.59 Å². The number of carbonyl (C=O) groups is 2. The molecule has 45 heavy (non-hydrogen) atoms. The van der Waals surface area contributed by atoms with E-state index in [0.29, 0.717) is 0 Å². The van der Waals surface area contributed by atoms with E-state index in [1.165, 1.54) is 37.1 Å². The molecule has 0 saturated carbocycles. The summed E-state index contributed by atoms with van der Waals surface area (Å²) in [5.74, 6) is -2.03. The average Bonchev–Trinajstić information content (AvgIpc) is 3.45. The zero-order chi connectivity index (χ0) is 32.6. The molecule has 14 heteroatoms. The van der Waals surface area contributed by atoms with E-state index >= 15 is 0 Å². The molecule has 4 atom stereocenters. The summed E-state index contributed by atoms with van der Waals surface area (Å²) in [4.78, 5) is 42.4. The molecule has 4 N–H and O–H groups in total. The normalized spacial score (nSPS) is 21.0. The Balaban J connectivity index is 1.45. The third kappa shape index (κ3) is 6.40. The van der Waals surface area contributed by atoms with Gasteiger partial charge in [0.2, 0.25) is 6.29 Å². The number of aromatic nitrogens is 1. The molecule has 238 valence electrons. The highest BCUT2D eigenvalue weighted by Crippen LogP contribution is 2.41. The number of carbonyl (C=O) groups excluding carboxylic acids is 2. The minimum absolute atomic E-state index is 0.00875. The van der Waals surface area contributed by atoms with Crippen molar-refractivity contribution in [3.8, 4) is 11.5 Å². The van der Waals surface area contributed by atoms with Gasteiger partial charge in [0.1, 0.15) is 28.7 Å². The number of H-pyrrole nitrogens is 1. The minimum Gasteiger partial charge on any atom is -0.505 e. The topological polar surface area (TPSA) is 170 Å². The van der Waals surface area contributed by atoms with E-state index in [-0.39, 0.29) is 33.0 Å². The van der Waals surface area contributed by atoms with Crippen molar-refractivity contribution in [2.24, 2.45) is 0 Å². The van der Waals surface area contributed by atoms with Gasteiger partial charge in [-0.15, -0.1) is 11.8 Å². The molecule has 2 aromatic heterocycles. The number of rotatable bonds is 8. The first-order valence-electron chi connectivity index (χ1n) is 13.7. The lowest BCUT2D eigenvalue weighted by atomic mass is 9.89. The van der Waals surface area contributed by atoms with Crippen molar-refractivity contribution in [2.75, 3.05) is 18.7 Å². The van der Waals surface area contributed by atoms with Gasteiger partial charge in [-0.2, -0.15) is 0 Å². The van der Waals surface area contributed by atoms with E-state index in [1.54, 1.807) is 51.1 Å². The number of fused-ring (bicyclic) bond motifs is 1. The monoisotopic (exact) mass is 658 g/mol. The van der Waals surface area contributed by atoms with E-state index in [1.807, 2.05) is 6.26 Å². The van der Waals surface area contributed by atoms with E-state index < -0.39 is 59.1 Å². The molecule has 1 aliphatic heterocycles. The van der Waals surface area contributed by atoms with E-state index in [2.05, 4.69) is 10.3 Å². The van der Waals surface area contributed by atoms with Crippen LogP contribution in [0.2, 0.25) is 5.02 Å². The molecule has 1 fully saturated rings. The number of anilines is 1. The molecule has 2 aromatic carbocycles. The molecule has 5 rings (SSSR count). The summed E-state index contributed by atoms with van der Waals surface area (Å²) < 4.78 is 28.6. The molecular formula is C31H31ClN2O10S. The number of methoxy groups -OCH3 is 1. The van der Waals surface area contributed by atoms with Crippen molar-refractivity contribution in [1.82, 2.24) is 4.98 Å². The Bertz CT molecular complexity index is 1800. The van der Waals surface area contributed by atoms with Crippen LogP contribution in [0.25, 0.3) is 11.0 Å². The van der Waals surface area contributed by atoms with Gasteiger partial charge in [0, 0.05) is 23.3 Å². The second-order valence-electron chi connectivity index (χ2n) is 10.8. The number of hydrogen-bond acceptors (Lipinski definition) is 11. The number of aryl methyl sites for hydroxylation is 1. The van der Waals surface area contributed by atoms with Crippen LogP contribution >= 0.6 is 23.4 Å². The second kappa shape index (κ2) is 12.8. The van der Waals surface area contributed by atoms with Crippen molar-refractivity contribution >= 4 is 51.9 Å². The first kappa shape index (κ1) is 32.4. The highest BCUT2D eigenvalue weighted by molar-refractivity contribution is 7.98. The number of aliphatic hydroxyl groups excluding tert-OH is 1. The van der Waals surface area contributed by atoms with Gasteiger partial charge in [0.25, 0.3) is 5.91 Å². The molecule has 0 radical (unpaired) electrons. The zero-order valence-corrected chi connectivity index (χ0v) is 26.4. The van der Waals surface area contributed by atoms with Gasteiger partial charge in [-0.3, -0.25) is 4.79 Å². The number of aliphatic hydroxyl groups is 1. The Morgan fingerprint density at radius 2 is 1.82 bits per heavy atom. The smallest absolute Gasteiger partial charge is 0.364 e. The molecule has 0 aliphatic carbocycles. The van der Waals surface area contributed by atoms with Crippen LogP contribution in [0.5, 0.6) is 11.5 Å². The number of hydrogen-bond donors (Lipinski definition) is 4. The standard InChI is InChI=1S/C31H31ClN2O10S/c1-14-6-12-18(33-14)28(38)43-25-23(36)26(40-4)31(2,3)44-30(25)41-19-13-11-17-22(35)21(29(39)42-24(17)20(19)32)34-27(37)15-7-9-16(45-5)10-8-15/h6-13,23,25-26,30,33,35-36H,1-5H3,(H,34,37)/t23-,25+,26+,30+/m0/s1. The van der Waals surface area contributed by atoms with Crippen LogP contribution in [-0.2, 0) is 14.2 Å². The third-order valence-corrected chi connectivity index (χ3v) is 8.46. The van der Waals surface area contributed by atoms with Crippen LogP contribution in [0.3, 0.4) is 0 Å². The molecule has 0 unspecified atom stereocenters. The van der Waals surface area contributed by atoms with Crippen molar-refractivity contribution in [2.45, 2.75) is 55.9 Å². The summed E-state index contributed by atoms with van der Waals surface area (Å²) >= 11 is 8.10. The Morgan fingerprint density at radius 1 is 1.11 bits per heavy atom. The van der Waals surface area contributed by atoms with Gasteiger partial charge in [-0.05, 0) is 75.6 Å². The predicted octanol–water partition coefficient (Wildman–Crippen LogP) is 4.88. The van der Waals surface area contributed by atoms with Gasteiger partial charge in [-0.1, -0.05) is 11.6 Å². The number of nitrogens with one attached hydrogen (secondary N) is 2. The number of amides is 1. The van der Waals surface area contributed by atoms with Gasteiger partial charge in [0.15, 0.2) is 23.1 Å². The maximum absolute atomic E-state index is 12.9. The fourth-order valence-corrected chi connectivity index (χ4v) is 5.74. The van der Waals surface area contributed by atoms with Crippen LogP contribution in [0, 0.1) is 6.92 Å². The zero-order valence-electron chi connectivity index (χ0n) is 24.9. The highest BCUT2D eigenvalue weighted by Gasteiger charge is 2.53. The van der Waals surface area contributed by atoms with Crippen LogP contribution < -0.4 is 15.7 Å². The molecule has 1 saturated heterocycles. The fraction of sp³-hybridized carbons (Fsp3) is 0.323. The quantitative estimate of drug-likeness (QED) is 0.116. The minimum atomic E-state index is -1.40. The summed E-state index contributed by atoms with van der Waals surface area (Å²) in [5, 5.41) is 24.3. The summed E-state index contributed by atoms with van der Waals surface area (Å²) in [5.41, 5.74) is -1.73. The van der Waals surface area contributed by atoms with Crippen molar-refractivity contribution in [3.63, 3.8) is 0 Å². The van der Waals surface area contributed by atoms with Crippen molar-refractivity contribution in [1.29, 1.82) is 0 Å².